The zero-order valence-electron chi connectivity index (χ0n) is 43.2. The quantitative estimate of drug-likeness (QED) is 0.0485. The number of hydrogen-bond acceptors (Lipinski definition) is 12. The SMILES string of the molecule is CC(=O)CNC1=C2[C@H](CC[C@]3(CCN=C(N)N)[C@@H]4[C@@H](C[C@@]23O)[C@@H](CCCO)C#C[C@@H]([C@@H]2COC(=O)[C@@H]2c2cc[nH]c2)C[C@H]2[C@@H](CC=C3CC[C@H](C)C[C@@H]32)[C@H](C)C[C@@H](O)[C@]4(C)O)[C@@]2(C)C[C@H](O)[C@H](O)C[C@H]2C1=O. The molecule has 8 aliphatic rings. The standard InChI is InChI=1S/C57H83N5O10/c1-30-8-9-34-12-13-37-31(2)22-46(67)55(5,70)51-40(33(7-6-20-63)10-11-35(23-39(37)38(34)21-30)41-29-72-52(69)47(41)36-15-18-60-28-36)25-57(71)48-42(14-16-56(51,57)17-19-61-53(58)59)54(4)26-45(66)44(65)24-43(54)50(68)49(48)62-27-32(3)64/h12,15,18,28,30-31,33,35,37-47,51,60,62-63,65-67,70-71H,6-9,13-14,16-17,19-27,29H2,1-5H3,(H4,58,59,61)/t30-,31+,33-,35+,37-,38-,39-,40-,41-,42-,43-,44+,45-,46+,47+,51+,54+,55-,56-,57+/m0/s1. The van der Waals surface area contributed by atoms with Crippen molar-refractivity contribution in [1.29, 1.82) is 0 Å². The van der Waals surface area contributed by atoms with Crippen LogP contribution in [0.3, 0.4) is 0 Å². The number of H-pyrrole nitrogens is 1. The molecule has 7 aliphatic carbocycles. The van der Waals surface area contributed by atoms with Gasteiger partial charge in [0.2, 0.25) is 0 Å². The van der Waals surface area contributed by atoms with Crippen molar-refractivity contribution in [1.82, 2.24) is 10.3 Å². The van der Waals surface area contributed by atoms with Crippen LogP contribution in [0.1, 0.15) is 136 Å². The Bertz CT molecular complexity index is 2370. The van der Waals surface area contributed by atoms with Gasteiger partial charge in [-0.25, -0.2) is 0 Å². The summed E-state index contributed by atoms with van der Waals surface area (Å²) >= 11 is 0. The Morgan fingerprint density at radius 3 is 2.46 bits per heavy atom. The fourth-order valence-electron chi connectivity index (χ4n) is 17.2. The average molecular weight is 998 g/mol. The maximum absolute atomic E-state index is 15.2. The number of aromatic amines is 1. The van der Waals surface area contributed by atoms with E-state index in [1.54, 1.807) is 6.92 Å². The van der Waals surface area contributed by atoms with Crippen LogP contribution in [0.2, 0.25) is 0 Å². The summed E-state index contributed by atoms with van der Waals surface area (Å²) in [6, 6.07) is 1.93. The minimum atomic E-state index is -1.88. The number of ketones is 2. The number of nitrogens with two attached hydrogens (primary N) is 2. The Balaban J connectivity index is 1.27. The molecule has 0 unspecified atom stereocenters. The maximum atomic E-state index is 15.2. The number of rotatable bonds is 11. The van der Waals surface area contributed by atoms with E-state index in [0.717, 1.165) is 31.2 Å². The summed E-state index contributed by atoms with van der Waals surface area (Å²) in [5.74, 6) is 3.39. The predicted molar refractivity (Wildman–Crippen MR) is 271 cm³/mol. The van der Waals surface area contributed by atoms with Crippen LogP contribution >= 0.6 is 0 Å². The van der Waals surface area contributed by atoms with Gasteiger partial charge in [0.15, 0.2) is 11.7 Å². The van der Waals surface area contributed by atoms with E-state index in [-0.39, 0.29) is 117 Å². The van der Waals surface area contributed by atoms with E-state index < -0.39 is 75.9 Å². The van der Waals surface area contributed by atoms with Crippen molar-refractivity contribution in [3.63, 3.8) is 0 Å². The molecule has 1 aromatic rings. The van der Waals surface area contributed by atoms with Crippen LogP contribution in [0, 0.1) is 93.7 Å². The molecule has 72 heavy (non-hydrogen) atoms. The van der Waals surface area contributed by atoms with Gasteiger partial charge in [-0.15, -0.1) is 0 Å². The number of allylic oxidation sites excluding steroid dienone is 3. The van der Waals surface area contributed by atoms with Gasteiger partial charge in [0.05, 0.1) is 54.3 Å². The van der Waals surface area contributed by atoms with Crippen LogP contribution in [0.4, 0.5) is 0 Å². The van der Waals surface area contributed by atoms with Crippen LogP contribution in [0.25, 0.3) is 0 Å². The van der Waals surface area contributed by atoms with E-state index in [1.165, 1.54) is 12.5 Å². The number of esters is 1. The van der Waals surface area contributed by atoms with E-state index in [9.17, 15) is 40.2 Å². The van der Waals surface area contributed by atoms with Crippen molar-refractivity contribution in [2.24, 2.45) is 98.3 Å². The van der Waals surface area contributed by atoms with Crippen molar-refractivity contribution in [3.05, 3.63) is 46.9 Å². The summed E-state index contributed by atoms with van der Waals surface area (Å²) in [5, 5.41) is 77.4. The number of aliphatic hydroxyl groups is 6. The van der Waals surface area contributed by atoms with Gasteiger partial charge < -0.3 is 57.1 Å². The van der Waals surface area contributed by atoms with Crippen LogP contribution in [0.5, 0.6) is 0 Å². The minimum absolute atomic E-state index is 0.0130. The first kappa shape index (κ1) is 52.8. The number of aliphatic imine (C=N–C) groups is 1. The molecule has 5 fully saturated rings. The highest BCUT2D eigenvalue weighted by Gasteiger charge is 2.74. The number of nitrogens with one attached hydrogen (secondary N) is 2. The smallest absolute Gasteiger partial charge is 0.313 e. The molecular weight excluding hydrogens is 915 g/mol. The summed E-state index contributed by atoms with van der Waals surface area (Å²) in [6.07, 6.45) is 9.44. The second-order valence-electron chi connectivity index (χ2n) is 24.7. The van der Waals surface area contributed by atoms with Gasteiger partial charge in [-0.2, -0.15) is 0 Å². The predicted octanol–water partition coefficient (Wildman–Crippen LogP) is 4.40. The number of carbonyl (C=O) groups excluding carboxylic acids is 3. The van der Waals surface area contributed by atoms with E-state index >= 15 is 4.79 Å². The van der Waals surface area contributed by atoms with E-state index in [4.69, 9.17) is 16.2 Å². The fourth-order valence-corrected chi connectivity index (χ4v) is 17.2. The van der Waals surface area contributed by atoms with Crippen LogP contribution < -0.4 is 16.8 Å². The zero-order chi connectivity index (χ0) is 51.7. The number of guanidine groups is 1. The first-order valence-corrected chi connectivity index (χ1v) is 27.3. The lowest BCUT2D eigenvalue weighted by Gasteiger charge is -2.62. The molecule has 0 bridgehead atoms. The Morgan fingerprint density at radius 2 is 1.75 bits per heavy atom. The van der Waals surface area contributed by atoms with Crippen molar-refractivity contribution in [2.45, 2.75) is 160 Å². The molecule has 1 aromatic heterocycles. The number of aliphatic hydroxyl groups excluding tert-OH is 4. The van der Waals surface area contributed by atoms with E-state index in [0.29, 0.717) is 49.5 Å². The molecule has 396 valence electrons. The largest absolute Gasteiger partial charge is 0.465 e. The Kier molecular flexibility index (Phi) is 14.8. The second kappa shape index (κ2) is 20.2. The van der Waals surface area contributed by atoms with Gasteiger partial charge in [-0.1, -0.05) is 44.3 Å². The molecular formula is C57H83N5O10. The van der Waals surface area contributed by atoms with Crippen LogP contribution in [0.15, 0.2) is 46.4 Å². The molecule has 9 rings (SSSR count). The number of ether oxygens (including phenoxy) is 1. The maximum Gasteiger partial charge on any atom is 0.313 e. The molecule has 15 nitrogen and oxygen atoms in total. The molecule has 0 radical (unpaired) electrons. The first-order valence-electron chi connectivity index (χ1n) is 27.3. The second-order valence-corrected chi connectivity index (χ2v) is 24.7. The molecule has 20 atom stereocenters. The number of aromatic nitrogens is 1. The topological polar surface area (TPSA) is 274 Å². The summed E-state index contributed by atoms with van der Waals surface area (Å²) in [4.78, 5) is 49.5. The van der Waals surface area contributed by atoms with Gasteiger partial charge in [-0.3, -0.25) is 19.4 Å². The van der Waals surface area contributed by atoms with Crippen LogP contribution in [-0.4, -0.2) is 115 Å². The Morgan fingerprint density at radius 1 is 0.972 bits per heavy atom. The lowest BCUT2D eigenvalue weighted by atomic mass is 9.44. The lowest BCUT2D eigenvalue weighted by Crippen LogP contribution is -2.65. The van der Waals surface area contributed by atoms with E-state index in [1.807, 2.05) is 25.4 Å². The summed E-state index contributed by atoms with van der Waals surface area (Å²) < 4.78 is 5.96. The highest BCUT2D eigenvalue weighted by atomic mass is 16.5. The van der Waals surface area contributed by atoms with E-state index in [2.05, 4.69) is 47.1 Å². The van der Waals surface area contributed by atoms with Crippen molar-refractivity contribution in [3.8, 4) is 11.8 Å². The Hall–Kier alpha value is -4.04. The highest BCUT2D eigenvalue weighted by Crippen LogP contribution is 2.73. The van der Waals surface area contributed by atoms with Gasteiger partial charge >= 0.3 is 5.97 Å². The molecule has 15 heteroatoms. The minimum Gasteiger partial charge on any atom is -0.465 e. The van der Waals surface area contributed by atoms with Crippen molar-refractivity contribution in [2.75, 3.05) is 26.3 Å². The normalized spacial score (nSPS) is 44.8. The van der Waals surface area contributed by atoms with Gasteiger partial charge in [0, 0.05) is 60.5 Å². The average Bonchev–Trinajstić information content (AvgIpc) is 4.05. The van der Waals surface area contributed by atoms with Crippen molar-refractivity contribution < 1.29 is 49.8 Å². The monoisotopic (exact) mass is 998 g/mol. The molecule has 4 saturated carbocycles. The third-order valence-corrected chi connectivity index (χ3v) is 20.6. The number of Topliss-reactive ketones (excluding diaryl/α,β-unsaturated/α-hetero) is 2. The highest BCUT2D eigenvalue weighted by molar-refractivity contribution is 6.00. The Labute approximate surface area is 425 Å². The van der Waals surface area contributed by atoms with Gasteiger partial charge in [0.25, 0.3) is 0 Å². The summed E-state index contributed by atoms with van der Waals surface area (Å²) in [6.45, 7) is 9.57. The van der Waals surface area contributed by atoms with Gasteiger partial charge in [-0.05, 0) is 168 Å². The number of fused-ring (bicyclic) bond motifs is 10. The van der Waals surface area contributed by atoms with Gasteiger partial charge in [0.1, 0.15) is 5.78 Å². The fraction of sp³-hybridized carbons (Fsp3) is 0.754. The molecule has 0 amide bonds. The number of cyclic esters (lactones) is 1. The number of hydrogen-bond donors (Lipinski definition) is 10. The zero-order valence-corrected chi connectivity index (χ0v) is 43.2. The summed E-state index contributed by atoms with van der Waals surface area (Å²) in [5.41, 5.74) is 9.00. The first-order chi connectivity index (χ1) is 34.2. The lowest BCUT2D eigenvalue weighted by molar-refractivity contribution is -0.191. The third kappa shape index (κ3) is 8.99. The van der Waals surface area contributed by atoms with Crippen molar-refractivity contribution >= 4 is 23.5 Å². The molecule has 1 saturated heterocycles. The number of nitrogens with zero attached hydrogens (tertiary/aromatic N) is 1. The molecule has 0 spiro atoms. The molecule has 1 aliphatic heterocycles. The third-order valence-electron chi connectivity index (χ3n) is 20.6. The number of carbonyl (C=O) groups is 3. The molecule has 12 N–H and O–H groups in total. The molecule has 0 aromatic carbocycles. The summed E-state index contributed by atoms with van der Waals surface area (Å²) in [7, 11) is 0. The van der Waals surface area contributed by atoms with Crippen LogP contribution in [-0.2, 0) is 19.1 Å². The molecule has 2 heterocycles.